The van der Waals surface area contributed by atoms with Gasteiger partial charge in [-0.15, -0.1) is 0 Å². The Morgan fingerprint density at radius 2 is 2.00 bits per heavy atom. The molecule has 20 heavy (non-hydrogen) atoms. The van der Waals surface area contributed by atoms with Gasteiger partial charge in [-0.3, -0.25) is 4.79 Å². The van der Waals surface area contributed by atoms with Gasteiger partial charge in [0, 0.05) is 5.56 Å². The second kappa shape index (κ2) is 6.40. The highest BCUT2D eigenvalue weighted by atomic mass is 16.5. The summed E-state index contributed by atoms with van der Waals surface area (Å²) in [6.45, 7) is 9.12. The summed E-state index contributed by atoms with van der Waals surface area (Å²) in [6.07, 6.45) is 0. The maximum absolute atomic E-state index is 12.3. The van der Waals surface area contributed by atoms with E-state index in [2.05, 4.69) is 15.6 Å². The molecule has 0 aliphatic heterocycles. The van der Waals surface area contributed by atoms with E-state index in [0.29, 0.717) is 5.76 Å². The molecule has 4 N–H and O–H groups in total. The first kappa shape index (κ1) is 16.0. The minimum Gasteiger partial charge on any atom is -0.409 e. The van der Waals surface area contributed by atoms with Crippen LogP contribution in [0.3, 0.4) is 0 Å². The van der Waals surface area contributed by atoms with Crippen LogP contribution in [0.15, 0.2) is 9.68 Å². The number of nitrogens with one attached hydrogen (secondary N) is 1. The maximum atomic E-state index is 12.3. The molecule has 0 bridgehead atoms. The van der Waals surface area contributed by atoms with E-state index in [1.165, 1.54) is 0 Å². The average Bonchev–Trinajstić information content (AvgIpc) is 2.68. The van der Waals surface area contributed by atoms with E-state index in [-0.39, 0.29) is 23.7 Å². The van der Waals surface area contributed by atoms with Crippen LogP contribution in [0.25, 0.3) is 0 Å². The molecule has 2 unspecified atom stereocenters. The standard InChI is InChI=1S/C13H22N4O3/c1-6(2)10(12(14)16-19)13(18)15-7(3)11-8(4)17-20-9(11)5/h6-7,10,19H,1-5H3,(H2,14,16)(H,15,18). The Bertz CT molecular complexity index is 488. The molecule has 0 saturated heterocycles. The van der Waals surface area contributed by atoms with Crippen LogP contribution in [-0.2, 0) is 4.79 Å². The summed E-state index contributed by atoms with van der Waals surface area (Å²) in [5.41, 5.74) is 7.17. The number of oxime groups is 1. The van der Waals surface area contributed by atoms with Crippen LogP contribution in [0, 0.1) is 25.7 Å². The van der Waals surface area contributed by atoms with Gasteiger partial charge in [-0.2, -0.15) is 0 Å². The summed E-state index contributed by atoms with van der Waals surface area (Å²) in [7, 11) is 0. The van der Waals surface area contributed by atoms with Gasteiger partial charge in [-0.1, -0.05) is 24.2 Å². The topological polar surface area (TPSA) is 114 Å². The molecule has 1 aromatic rings. The molecular formula is C13H22N4O3. The molecule has 0 radical (unpaired) electrons. The number of nitrogens with two attached hydrogens (primary N) is 1. The maximum Gasteiger partial charge on any atom is 0.231 e. The quantitative estimate of drug-likeness (QED) is 0.327. The molecule has 0 saturated carbocycles. The Kier molecular flexibility index (Phi) is 5.12. The van der Waals surface area contributed by atoms with Gasteiger partial charge >= 0.3 is 0 Å². The zero-order chi connectivity index (χ0) is 15.4. The first-order valence-corrected chi connectivity index (χ1v) is 6.50. The lowest BCUT2D eigenvalue weighted by molar-refractivity contribution is -0.124. The number of aromatic nitrogens is 1. The third-order valence-electron chi connectivity index (χ3n) is 3.26. The first-order valence-electron chi connectivity index (χ1n) is 6.50. The van der Waals surface area contributed by atoms with E-state index in [1.54, 1.807) is 6.92 Å². The third-order valence-corrected chi connectivity index (χ3v) is 3.26. The Morgan fingerprint density at radius 1 is 1.40 bits per heavy atom. The molecule has 1 amide bonds. The fraction of sp³-hybridized carbons (Fsp3) is 0.615. The monoisotopic (exact) mass is 282 g/mol. The lowest BCUT2D eigenvalue weighted by Crippen LogP contribution is -2.42. The van der Waals surface area contributed by atoms with Crippen LogP contribution in [0.2, 0.25) is 0 Å². The average molecular weight is 282 g/mol. The summed E-state index contributed by atoms with van der Waals surface area (Å²) in [5, 5.41) is 18.4. The van der Waals surface area contributed by atoms with E-state index < -0.39 is 5.92 Å². The van der Waals surface area contributed by atoms with Crippen molar-refractivity contribution in [3.05, 3.63) is 17.0 Å². The van der Waals surface area contributed by atoms with Crippen molar-refractivity contribution in [3.63, 3.8) is 0 Å². The minimum absolute atomic E-state index is 0.0808. The Labute approximate surface area is 118 Å². The Balaban J connectivity index is 2.89. The SMILES string of the molecule is Cc1noc(C)c1C(C)NC(=O)C(C(N)=NO)C(C)C. The lowest BCUT2D eigenvalue weighted by Gasteiger charge is -2.21. The van der Waals surface area contributed by atoms with Gasteiger partial charge in [0.25, 0.3) is 0 Å². The Hall–Kier alpha value is -2.05. The second-order valence-electron chi connectivity index (χ2n) is 5.21. The molecule has 2 atom stereocenters. The number of nitrogens with zero attached hydrogens (tertiary/aromatic N) is 2. The van der Waals surface area contributed by atoms with Crippen LogP contribution in [0.1, 0.15) is 43.8 Å². The van der Waals surface area contributed by atoms with E-state index >= 15 is 0 Å². The van der Waals surface area contributed by atoms with Gasteiger partial charge in [0.05, 0.1) is 11.7 Å². The predicted molar refractivity (Wildman–Crippen MR) is 74.3 cm³/mol. The van der Waals surface area contributed by atoms with E-state index in [1.807, 2.05) is 27.7 Å². The second-order valence-corrected chi connectivity index (χ2v) is 5.21. The van der Waals surface area contributed by atoms with Crippen molar-refractivity contribution >= 4 is 11.7 Å². The van der Waals surface area contributed by atoms with Crippen molar-refractivity contribution in [2.75, 3.05) is 0 Å². The number of aryl methyl sites for hydroxylation is 2. The van der Waals surface area contributed by atoms with Gasteiger partial charge in [-0.05, 0) is 26.7 Å². The van der Waals surface area contributed by atoms with Crippen molar-refractivity contribution in [1.29, 1.82) is 0 Å². The summed E-state index contributed by atoms with van der Waals surface area (Å²) < 4.78 is 5.08. The molecule has 7 heteroatoms. The summed E-state index contributed by atoms with van der Waals surface area (Å²) in [4.78, 5) is 12.3. The summed E-state index contributed by atoms with van der Waals surface area (Å²) in [6, 6.07) is -0.263. The van der Waals surface area contributed by atoms with Crippen LogP contribution in [0.5, 0.6) is 0 Å². The van der Waals surface area contributed by atoms with E-state index in [9.17, 15) is 4.79 Å². The van der Waals surface area contributed by atoms with Crippen LogP contribution in [-0.4, -0.2) is 22.1 Å². The predicted octanol–water partition coefficient (Wildman–Crippen LogP) is 1.49. The highest BCUT2D eigenvalue weighted by molar-refractivity contribution is 6.02. The number of amidine groups is 1. The van der Waals surface area contributed by atoms with Crippen LogP contribution < -0.4 is 11.1 Å². The minimum atomic E-state index is -0.678. The van der Waals surface area contributed by atoms with Crippen LogP contribution in [0.4, 0.5) is 0 Å². The molecule has 0 spiro atoms. The molecule has 7 nitrogen and oxygen atoms in total. The molecule has 112 valence electrons. The van der Waals surface area contributed by atoms with Crippen molar-refractivity contribution in [2.24, 2.45) is 22.7 Å². The molecule has 1 aromatic heterocycles. The van der Waals surface area contributed by atoms with Crippen molar-refractivity contribution < 1.29 is 14.5 Å². The lowest BCUT2D eigenvalue weighted by atomic mass is 9.93. The summed E-state index contributed by atoms with van der Waals surface area (Å²) in [5.74, 6) is -0.475. The molecule has 0 aromatic carbocycles. The number of hydrogen-bond acceptors (Lipinski definition) is 5. The van der Waals surface area contributed by atoms with Gasteiger partial charge in [0.1, 0.15) is 11.7 Å². The normalized spacial score (nSPS) is 15.2. The number of hydrogen-bond donors (Lipinski definition) is 3. The molecule has 0 fully saturated rings. The van der Waals surface area contributed by atoms with E-state index in [4.69, 9.17) is 15.5 Å². The Morgan fingerprint density at radius 3 is 2.40 bits per heavy atom. The summed E-state index contributed by atoms with van der Waals surface area (Å²) >= 11 is 0. The number of carbonyl (C=O) groups excluding carboxylic acids is 1. The van der Waals surface area contributed by atoms with Gasteiger partial charge in [0.2, 0.25) is 5.91 Å². The van der Waals surface area contributed by atoms with Gasteiger partial charge < -0.3 is 20.8 Å². The number of amides is 1. The van der Waals surface area contributed by atoms with Gasteiger partial charge in [0.15, 0.2) is 5.84 Å². The number of rotatable bonds is 5. The molecule has 0 aliphatic carbocycles. The first-order chi connectivity index (χ1) is 9.29. The fourth-order valence-corrected chi connectivity index (χ4v) is 2.32. The van der Waals surface area contributed by atoms with E-state index in [0.717, 1.165) is 11.3 Å². The smallest absolute Gasteiger partial charge is 0.231 e. The zero-order valence-corrected chi connectivity index (χ0v) is 12.5. The molecule has 1 rings (SSSR count). The van der Waals surface area contributed by atoms with Crippen LogP contribution >= 0.6 is 0 Å². The van der Waals surface area contributed by atoms with Crippen molar-refractivity contribution in [3.8, 4) is 0 Å². The third kappa shape index (κ3) is 3.28. The molecular weight excluding hydrogens is 260 g/mol. The number of carbonyl (C=O) groups is 1. The van der Waals surface area contributed by atoms with Crippen molar-refractivity contribution in [2.45, 2.75) is 40.7 Å². The fourth-order valence-electron chi connectivity index (χ4n) is 2.32. The largest absolute Gasteiger partial charge is 0.409 e. The highest BCUT2D eigenvalue weighted by Gasteiger charge is 2.29. The highest BCUT2D eigenvalue weighted by Crippen LogP contribution is 2.22. The molecule has 1 heterocycles. The molecule has 0 aliphatic rings. The van der Waals surface area contributed by atoms with Gasteiger partial charge in [-0.25, -0.2) is 0 Å². The van der Waals surface area contributed by atoms with Crippen molar-refractivity contribution in [1.82, 2.24) is 10.5 Å². The zero-order valence-electron chi connectivity index (χ0n) is 12.5.